The van der Waals surface area contributed by atoms with Crippen molar-refractivity contribution in [2.24, 2.45) is 0 Å². The Morgan fingerprint density at radius 1 is 0.966 bits per heavy atom. The number of nitrogens with zero attached hydrogens (tertiary/aromatic N) is 4. The summed E-state index contributed by atoms with van der Waals surface area (Å²) in [5.41, 5.74) is 4.69. The van der Waals surface area contributed by atoms with Crippen molar-refractivity contribution in [1.29, 1.82) is 5.26 Å². The van der Waals surface area contributed by atoms with E-state index in [2.05, 4.69) is 17.0 Å². The fraction of sp³-hybridized carbons (Fsp3) is 0.683. The lowest BCUT2D eigenvalue weighted by molar-refractivity contribution is -0.0690. The Morgan fingerprint density at radius 3 is 2.21 bits per heavy atom. The van der Waals surface area contributed by atoms with Crippen molar-refractivity contribution in [2.45, 2.75) is 146 Å². The second-order valence-corrected chi connectivity index (χ2v) is 16.4. The zero-order valence-corrected chi connectivity index (χ0v) is 34.9. The Balaban J connectivity index is 1.19. The third kappa shape index (κ3) is 14.2. The molecule has 1 saturated heterocycles. The van der Waals surface area contributed by atoms with Crippen molar-refractivity contribution in [3.8, 4) is 11.8 Å². The van der Waals surface area contributed by atoms with E-state index in [1.54, 1.807) is 6.07 Å². The van der Waals surface area contributed by atoms with E-state index in [0.717, 1.165) is 25.6 Å². The molecule has 0 amide bonds. The lowest BCUT2D eigenvalue weighted by atomic mass is 9.92. The van der Waals surface area contributed by atoms with Crippen LogP contribution in [0.3, 0.4) is 0 Å². The van der Waals surface area contributed by atoms with Crippen molar-refractivity contribution >= 4 is 19.2 Å². The van der Waals surface area contributed by atoms with Gasteiger partial charge in [-0.1, -0.05) is 109 Å². The smallest absolute Gasteiger partial charge is 0.472 e. The Labute approximate surface area is 341 Å². The number of benzene rings is 1. The number of phosphoric ester groups is 1. The van der Waals surface area contributed by atoms with Gasteiger partial charge in [0.2, 0.25) is 5.60 Å². The Morgan fingerprint density at radius 2 is 1.60 bits per heavy atom. The highest BCUT2D eigenvalue weighted by Gasteiger charge is 2.58. The van der Waals surface area contributed by atoms with E-state index < -0.39 is 56.9 Å². The van der Waals surface area contributed by atoms with Crippen LogP contribution in [0.2, 0.25) is 0 Å². The molecule has 0 saturated carbocycles. The molecule has 58 heavy (non-hydrogen) atoms. The van der Waals surface area contributed by atoms with Crippen molar-refractivity contribution in [3.05, 3.63) is 53.7 Å². The van der Waals surface area contributed by atoms with Gasteiger partial charge in [-0.3, -0.25) is 9.05 Å². The molecule has 6 atom stereocenters. The molecular weight excluding hydrogens is 772 g/mol. The third-order valence-electron chi connectivity index (χ3n) is 10.5. The molecule has 4 rings (SSSR count). The molecule has 5 N–H and O–H groups in total. The van der Waals surface area contributed by atoms with Crippen LogP contribution >= 0.6 is 7.82 Å². The van der Waals surface area contributed by atoms with Crippen LogP contribution < -0.4 is 10.5 Å². The molecule has 0 radical (unpaired) electrons. The minimum absolute atomic E-state index is 0.0258. The molecule has 1 aliphatic heterocycles. The predicted octanol–water partition coefficient (Wildman–Crippen LogP) is 7.30. The van der Waals surface area contributed by atoms with Gasteiger partial charge in [-0.15, -0.1) is 0 Å². The number of fused-ring (bicyclic) bond motifs is 1. The topological polar surface area (TPSA) is 213 Å². The van der Waals surface area contributed by atoms with Crippen LogP contribution in [0.15, 0.2) is 36.7 Å². The zero-order valence-electron chi connectivity index (χ0n) is 34.0. The first-order chi connectivity index (χ1) is 28.0. The van der Waals surface area contributed by atoms with Crippen LogP contribution in [0.1, 0.15) is 121 Å². The maximum absolute atomic E-state index is 14.3. The average molecular weight is 836 g/mol. The van der Waals surface area contributed by atoms with Gasteiger partial charge in [0, 0.05) is 6.61 Å². The van der Waals surface area contributed by atoms with Gasteiger partial charge in [0.15, 0.2) is 17.4 Å². The van der Waals surface area contributed by atoms with Crippen LogP contribution in [0.4, 0.5) is 10.2 Å². The number of methoxy groups -OCH3 is 1. The molecule has 15 nitrogen and oxygen atoms in total. The minimum Gasteiger partial charge on any atom is -0.494 e. The molecule has 0 spiro atoms. The van der Waals surface area contributed by atoms with Gasteiger partial charge in [-0.25, -0.2) is 18.5 Å². The Bertz CT molecular complexity index is 1750. The quantitative estimate of drug-likeness (QED) is 0.0384. The highest BCUT2D eigenvalue weighted by molar-refractivity contribution is 7.47. The van der Waals surface area contributed by atoms with Crippen LogP contribution in [-0.2, 0) is 40.0 Å². The van der Waals surface area contributed by atoms with Gasteiger partial charge < -0.3 is 39.8 Å². The summed E-state index contributed by atoms with van der Waals surface area (Å²) in [4.78, 5) is 14.5. The lowest BCUT2D eigenvalue weighted by Gasteiger charge is -2.24. The summed E-state index contributed by atoms with van der Waals surface area (Å²) in [6, 6.07) is 9.26. The summed E-state index contributed by atoms with van der Waals surface area (Å²) in [6.07, 6.45) is 15.6. The van der Waals surface area contributed by atoms with Crippen LogP contribution in [-0.4, -0.2) is 87.7 Å². The first-order valence-electron chi connectivity index (χ1n) is 20.7. The number of aliphatic hydroxyl groups excluding tert-OH is 2. The molecule has 1 fully saturated rings. The number of nitrogen functional groups attached to an aromatic ring is 1. The maximum Gasteiger partial charge on any atom is 0.472 e. The van der Waals surface area contributed by atoms with Gasteiger partial charge in [0.05, 0.1) is 39.2 Å². The number of anilines is 1. The largest absolute Gasteiger partial charge is 0.494 e. The third-order valence-corrected chi connectivity index (χ3v) is 11.4. The van der Waals surface area contributed by atoms with E-state index in [1.165, 1.54) is 119 Å². The van der Waals surface area contributed by atoms with Gasteiger partial charge in [0.25, 0.3) is 0 Å². The minimum atomic E-state index is -4.80. The van der Waals surface area contributed by atoms with E-state index in [1.807, 2.05) is 6.07 Å². The lowest BCUT2D eigenvalue weighted by Crippen LogP contribution is -2.41. The number of hydrogen-bond acceptors (Lipinski definition) is 13. The standard InChI is InChI=1S/C41H63FN5O10P/c1-3-4-5-6-7-8-9-10-11-12-13-14-15-16-17-18-23-53-26-32(54-25-31-19-21-35(52-2)33(42)24-31)27-55-58(50,51)56-28-36-38(48)39(49)41(29-43,57-36)37-22-20-34-40(44)45-30-46-47(34)37/h19-22,24,30,32,36,38-39,48-49H,3-18,23,25-28H2,1-2H3,(H,50,51)(H2,44,45,46)/t32-,36-,38-,39-,41+/m1/s1. The van der Waals surface area contributed by atoms with E-state index in [0.29, 0.717) is 17.7 Å². The highest BCUT2D eigenvalue weighted by atomic mass is 31.2. The predicted molar refractivity (Wildman–Crippen MR) is 215 cm³/mol. The van der Waals surface area contributed by atoms with E-state index in [9.17, 15) is 29.3 Å². The van der Waals surface area contributed by atoms with E-state index in [-0.39, 0.29) is 30.5 Å². The summed E-state index contributed by atoms with van der Waals surface area (Å²) >= 11 is 0. The molecule has 3 aromatic rings. The van der Waals surface area contributed by atoms with Crippen molar-refractivity contribution in [1.82, 2.24) is 14.6 Å². The van der Waals surface area contributed by atoms with Crippen molar-refractivity contribution < 1.29 is 52.1 Å². The van der Waals surface area contributed by atoms with Gasteiger partial charge in [0.1, 0.15) is 42.3 Å². The molecule has 0 bridgehead atoms. The number of hydrogen-bond donors (Lipinski definition) is 4. The number of aromatic nitrogens is 3. The molecule has 17 heteroatoms. The number of ether oxygens (including phenoxy) is 4. The maximum atomic E-state index is 14.3. The SMILES string of the molecule is CCCCCCCCCCCCCCCCCCOC[C@H](COP(=O)(O)OC[C@H]1O[C@@](C#N)(c2ccc3c(N)ncnn23)[C@H](O)[C@@H]1O)OCc1ccc(OC)c(F)c1. The summed E-state index contributed by atoms with van der Waals surface area (Å²) in [7, 11) is -3.44. The highest BCUT2D eigenvalue weighted by Crippen LogP contribution is 2.46. The normalized spacial score (nSPS) is 20.9. The fourth-order valence-corrected chi connectivity index (χ4v) is 7.82. The van der Waals surface area contributed by atoms with Crippen LogP contribution in [0.5, 0.6) is 5.75 Å². The molecule has 0 aliphatic carbocycles. The molecule has 3 heterocycles. The number of phosphoric acid groups is 1. The van der Waals surface area contributed by atoms with Crippen molar-refractivity contribution in [3.63, 3.8) is 0 Å². The summed E-state index contributed by atoms with van der Waals surface area (Å²) in [6.45, 7) is 1.54. The van der Waals surface area contributed by atoms with E-state index >= 15 is 0 Å². The summed E-state index contributed by atoms with van der Waals surface area (Å²) < 4.78 is 61.6. The fourth-order valence-electron chi connectivity index (χ4n) is 7.06. The first kappa shape index (κ1) is 47.4. The van der Waals surface area contributed by atoms with Crippen LogP contribution in [0.25, 0.3) is 5.52 Å². The van der Waals surface area contributed by atoms with Gasteiger partial charge >= 0.3 is 7.82 Å². The first-order valence-corrected chi connectivity index (χ1v) is 22.2. The summed E-state index contributed by atoms with van der Waals surface area (Å²) in [5.74, 6) is -0.362. The number of unbranched alkanes of at least 4 members (excludes halogenated alkanes) is 15. The molecule has 1 unspecified atom stereocenters. The van der Waals surface area contributed by atoms with Gasteiger partial charge in [-0.2, -0.15) is 10.4 Å². The number of aliphatic hydroxyl groups is 2. The van der Waals surface area contributed by atoms with Crippen molar-refractivity contribution in [2.75, 3.05) is 39.3 Å². The second kappa shape index (κ2) is 24.8. The molecule has 1 aromatic carbocycles. The molecular formula is C41H63FN5O10P. The van der Waals surface area contributed by atoms with Gasteiger partial charge in [-0.05, 0) is 36.2 Å². The van der Waals surface area contributed by atoms with E-state index in [4.69, 9.17) is 33.7 Å². The zero-order chi connectivity index (χ0) is 41.8. The van der Waals surface area contributed by atoms with Crippen LogP contribution in [0, 0.1) is 17.1 Å². The Hall–Kier alpha value is -3.23. The molecule has 1 aliphatic rings. The number of halogens is 1. The summed E-state index contributed by atoms with van der Waals surface area (Å²) in [5, 5.41) is 36.0. The monoisotopic (exact) mass is 835 g/mol. The number of nitriles is 1. The second-order valence-electron chi connectivity index (χ2n) is 14.9. The number of nitrogens with two attached hydrogens (primary N) is 1. The molecule has 324 valence electrons. The Kier molecular flexibility index (Phi) is 20.3. The average Bonchev–Trinajstić information content (AvgIpc) is 3.76. The molecule has 2 aromatic heterocycles. The number of rotatable bonds is 30.